The fourth-order valence-corrected chi connectivity index (χ4v) is 2.45. The maximum absolute atomic E-state index is 14.2. The molecule has 108 valence electrons. The molecule has 0 bridgehead atoms. The molecule has 1 aromatic heterocycles. The van der Waals surface area contributed by atoms with E-state index in [0.717, 1.165) is 18.2 Å². The van der Waals surface area contributed by atoms with Crippen molar-refractivity contribution in [2.24, 2.45) is 5.92 Å². The summed E-state index contributed by atoms with van der Waals surface area (Å²) in [6.07, 6.45) is 3.77. The lowest BCUT2D eigenvalue weighted by molar-refractivity contribution is 0.482. The molecule has 0 spiro atoms. The normalized spacial score (nSPS) is 14.2. The highest BCUT2D eigenvalue weighted by atomic mass is 19.1. The Morgan fingerprint density at radius 1 is 1.40 bits per heavy atom. The molecule has 0 amide bonds. The van der Waals surface area contributed by atoms with Gasteiger partial charge in [0.15, 0.2) is 5.82 Å². The number of anilines is 2. The summed E-state index contributed by atoms with van der Waals surface area (Å²) in [6, 6.07) is 5.22. The van der Waals surface area contributed by atoms with Crippen molar-refractivity contribution in [3.05, 3.63) is 30.2 Å². The highest BCUT2D eigenvalue weighted by Gasteiger charge is 2.15. The molecule has 0 aliphatic heterocycles. The van der Waals surface area contributed by atoms with Crippen LogP contribution in [0, 0.1) is 11.7 Å². The van der Waals surface area contributed by atoms with Crippen molar-refractivity contribution >= 4 is 22.3 Å². The zero-order valence-corrected chi connectivity index (χ0v) is 12.3. The molecule has 2 rings (SSSR count). The van der Waals surface area contributed by atoms with E-state index in [1.165, 1.54) is 6.07 Å². The molecule has 3 nitrogen and oxygen atoms in total. The minimum Gasteiger partial charge on any atom is -0.398 e. The van der Waals surface area contributed by atoms with Crippen molar-refractivity contribution in [3.8, 4) is 0 Å². The molecule has 2 atom stereocenters. The number of halogens is 1. The Morgan fingerprint density at radius 3 is 2.85 bits per heavy atom. The second-order valence-corrected chi connectivity index (χ2v) is 5.52. The number of rotatable bonds is 5. The average Bonchev–Trinajstić information content (AvgIpc) is 2.43. The summed E-state index contributed by atoms with van der Waals surface area (Å²) in [5.41, 5.74) is 7.32. The number of fused-ring (bicyclic) bond motifs is 1. The van der Waals surface area contributed by atoms with Crippen molar-refractivity contribution < 1.29 is 4.39 Å². The summed E-state index contributed by atoms with van der Waals surface area (Å²) < 4.78 is 14.2. The summed E-state index contributed by atoms with van der Waals surface area (Å²) in [4.78, 5) is 4.27. The van der Waals surface area contributed by atoms with Crippen LogP contribution in [-0.4, -0.2) is 11.0 Å². The molecule has 3 N–H and O–H groups in total. The molecule has 1 aromatic carbocycles. The first-order chi connectivity index (χ1) is 9.52. The standard InChI is InChI=1S/C16H22FN3/c1-4-10(2)8-11(3)20-16-13(17)9-14(18)12-6-5-7-19-15(12)16/h5-7,9-11,20H,4,8,18H2,1-3H3. The maximum atomic E-state index is 14.2. The van der Waals surface area contributed by atoms with E-state index in [-0.39, 0.29) is 11.9 Å². The van der Waals surface area contributed by atoms with Gasteiger partial charge in [-0.05, 0) is 37.5 Å². The zero-order valence-electron chi connectivity index (χ0n) is 12.3. The molecule has 2 aromatic rings. The third kappa shape index (κ3) is 3.00. The van der Waals surface area contributed by atoms with E-state index in [9.17, 15) is 4.39 Å². The number of nitrogens with one attached hydrogen (secondary N) is 1. The molecular weight excluding hydrogens is 253 g/mol. The number of nitrogens with zero attached hydrogens (tertiary/aromatic N) is 1. The molecule has 20 heavy (non-hydrogen) atoms. The monoisotopic (exact) mass is 275 g/mol. The van der Waals surface area contributed by atoms with Crippen molar-refractivity contribution in [1.82, 2.24) is 4.98 Å². The van der Waals surface area contributed by atoms with Crippen LogP contribution >= 0.6 is 0 Å². The first kappa shape index (κ1) is 14.6. The predicted molar refractivity (Wildman–Crippen MR) is 83.3 cm³/mol. The van der Waals surface area contributed by atoms with Crippen molar-refractivity contribution in [3.63, 3.8) is 0 Å². The third-order valence-corrected chi connectivity index (χ3v) is 3.72. The van der Waals surface area contributed by atoms with Crippen LogP contribution in [0.5, 0.6) is 0 Å². The van der Waals surface area contributed by atoms with E-state index >= 15 is 0 Å². The second-order valence-electron chi connectivity index (χ2n) is 5.52. The summed E-state index contributed by atoms with van der Waals surface area (Å²) in [7, 11) is 0. The number of nitrogen functional groups attached to an aromatic ring is 1. The van der Waals surface area contributed by atoms with Crippen LogP contribution in [0.1, 0.15) is 33.6 Å². The first-order valence-electron chi connectivity index (χ1n) is 7.12. The Kier molecular flexibility index (Phi) is 4.42. The molecule has 0 fully saturated rings. The summed E-state index contributed by atoms with van der Waals surface area (Å²) >= 11 is 0. The van der Waals surface area contributed by atoms with Crippen LogP contribution in [0.2, 0.25) is 0 Å². The van der Waals surface area contributed by atoms with E-state index in [1.807, 2.05) is 12.1 Å². The molecule has 4 heteroatoms. The molecule has 0 aliphatic carbocycles. The fraction of sp³-hybridized carbons (Fsp3) is 0.438. The maximum Gasteiger partial charge on any atom is 0.150 e. The van der Waals surface area contributed by atoms with E-state index in [0.29, 0.717) is 22.8 Å². The number of pyridine rings is 1. The van der Waals surface area contributed by atoms with Gasteiger partial charge in [0.2, 0.25) is 0 Å². The summed E-state index contributed by atoms with van der Waals surface area (Å²) in [6.45, 7) is 6.43. The summed E-state index contributed by atoms with van der Waals surface area (Å²) in [5.74, 6) is 0.262. The largest absolute Gasteiger partial charge is 0.398 e. The van der Waals surface area contributed by atoms with Crippen LogP contribution in [0.25, 0.3) is 10.9 Å². The molecule has 0 radical (unpaired) electrons. The Balaban J connectivity index is 2.34. The number of aromatic nitrogens is 1. The van der Waals surface area contributed by atoms with Crippen LogP contribution in [0.4, 0.5) is 15.8 Å². The lowest BCUT2D eigenvalue weighted by Crippen LogP contribution is -2.19. The van der Waals surface area contributed by atoms with Gasteiger partial charge in [-0.1, -0.05) is 20.3 Å². The number of hydrogen-bond acceptors (Lipinski definition) is 3. The van der Waals surface area contributed by atoms with E-state index in [1.54, 1.807) is 6.20 Å². The first-order valence-corrected chi connectivity index (χ1v) is 7.12. The molecule has 0 aliphatic rings. The van der Waals surface area contributed by atoms with Gasteiger partial charge in [0.1, 0.15) is 0 Å². The van der Waals surface area contributed by atoms with Gasteiger partial charge in [-0.25, -0.2) is 4.39 Å². The quantitative estimate of drug-likeness (QED) is 0.804. The van der Waals surface area contributed by atoms with Gasteiger partial charge in [0.05, 0.1) is 11.2 Å². The lowest BCUT2D eigenvalue weighted by Gasteiger charge is -2.20. The predicted octanol–water partition coefficient (Wildman–Crippen LogP) is 4.19. The Morgan fingerprint density at radius 2 is 2.15 bits per heavy atom. The number of benzene rings is 1. The Labute approximate surface area is 119 Å². The van der Waals surface area contributed by atoms with Gasteiger partial charge < -0.3 is 11.1 Å². The van der Waals surface area contributed by atoms with Crippen molar-refractivity contribution in [1.29, 1.82) is 0 Å². The van der Waals surface area contributed by atoms with Crippen molar-refractivity contribution in [2.45, 2.75) is 39.7 Å². The zero-order chi connectivity index (χ0) is 14.7. The van der Waals surface area contributed by atoms with Crippen LogP contribution in [-0.2, 0) is 0 Å². The number of hydrogen-bond donors (Lipinski definition) is 2. The van der Waals surface area contributed by atoms with Gasteiger partial charge in [-0.3, -0.25) is 4.98 Å². The SMILES string of the molecule is CCC(C)CC(C)Nc1c(F)cc(N)c2cccnc12. The van der Waals surface area contributed by atoms with E-state index in [2.05, 4.69) is 31.1 Å². The minimum absolute atomic E-state index is 0.188. The Hall–Kier alpha value is -1.84. The Bertz CT molecular complexity index is 598. The molecule has 0 saturated carbocycles. The topological polar surface area (TPSA) is 50.9 Å². The van der Waals surface area contributed by atoms with Crippen LogP contribution in [0.15, 0.2) is 24.4 Å². The second kappa shape index (κ2) is 6.07. The van der Waals surface area contributed by atoms with Crippen LogP contribution < -0.4 is 11.1 Å². The van der Waals surface area contributed by atoms with E-state index in [4.69, 9.17) is 5.73 Å². The van der Waals surface area contributed by atoms with Crippen LogP contribution in [0.3, 0.4) is 0 Å². The van der Waals surface area contributed by atoms with Gasteiger partial charge in [-0.15, -0.1) is 0 Å². The highest BCUT2D eigenvalue weighted by molar-refractivity contribution is 5.98. The molecule has 1 heterocycles. The smallest absolute Gasteiger partial charge is 0.150 e. The molecular formula is C16H22FN3. The van der Waals surface area contributed by atoms with E-state index < -0.39 is 0 Å². The highest BCUT2D eigenvalue weighted by Crippen LogP contribution is 2.30. The number of nitrogens with two attached hydrogens (primary N) is 1. The summed E-state index contributed by atoms with van der Waals surface area (Å²) in [5, 5.41) is 4.04. The van der Waals surface area contributed by atoms with Gasteiger partial charge >= 0.3 is 0 Å². The lowest BCUT2D eigenvalue weighted by atomic mass is 10.00. The van der Waals surface area contributed by atoms with Crippen molar-refractivity contribution in [2.75, 3.05) is 11.1 Å². The van der Waals surface area contributed by atoms with Gasteiger partial charge in [0.25, 0.3) is 0 Å². The van der Waals surface area contributed by atoms with Gasteiger partial charge in [0, 0.05) is 23.3 Å². The molecule has 0 saturated heterocycles. The third-order valence-electron chi connectivity index (χ3n) is 3.72. The average molecular weight is 275 g/mol. The minimum atomic E-state index is -0.343. The van der Waals surface area contributed by atoms with Gasteiger partial charge in [-0.2, -0.15) is 0 Å². The molecule has 2 unspecified atom stereocenters. The fourth-order valence-electron chi connectivity index (χ4n) is 2.45.